The average molecular weight is 301 g/mol. The van der Waals surface area contributed by atoms with E-state index in [1.807, 2.05) is 0 Å². The molecule has 0 amide bonds. The Kier molecular flexibility index (Phi) is 4.38. The molecule has 0 aliphatic carbocycles. The first-order valence-electron chi connectivity index (χ1n) is 7.79. The number of tetrazole rings is 1. The van der Waals surface area contributed by atoms with Crippen LogP contribution in [0.4, 0.5) is 0 Å². The molecule has 3 rings (SSSR count). The molecule has 22 heavy (non-hydrogen) atoms. The van der Waals surface area contributed by atoms with Crippen molar-refractivity contribution in [3.05, 3.63) is 35.2 Å². The molecule has 118 valence electrons. The standard InChI is InChI=1S/C16H23N5O/c1-12-4-5-15(10-13(12)2)22-14-6-8-21(9-7-14)11-16-17-19-20(3)18-16/h4-5,10,14H,6-9,11H2,1-3H3. The van der Waals surface area contributed by atoms with Crippen LogP contribution in [0.15, 0.2) is 18.2 Å². The SMILES string of the molecule is Cc1ccc(OC2CCN(Cc3nnn(C)n3)CC2)cc1C. The molecule has 0 N–H and O–H groups in total. The van der Waals surface area contributed by atoms with E-state index >= 15 is 0 Å². The van der Waals surface area contributed by atoms with Crippen LogP contribution in [0, 0.1) is 13.8 Å². The van der Waals surface area contributed by atoms with Crippen LogP contribution < -0.4 is 4.74 Å². The lowest BCUT2D eigenvalue weighted by Crippen LogP contribution is -2.38. The van der Waals surface area contributed by atoms with Gasteiger partial charge in [0.2, 0.25) is 0 Å². The largest absolute Gasteiger partial charge is 0.490 e. The van der Waals surface area contributed by atoms with E-state index in [2.05, 4.69) is 52.4 Å². The summed E-state index contributed by atoms with van der Waals surface area (Å²) in [6.45, 7) is 7.03. The number of aryl methyl sites for hydroxylation is 3. The fraction of sp³-hybridized carbons (Fsp3) is 0.562. The minimum Gasteiger partial charge on any atom is -0.490 e. The van der Waals surface area contributed by atoms with Crippen LogP contribution in [-0.4, -0.2) is 44.3 Å². The Morgan fingerprint density at radius 2 is 1.95 bits per heavy atom. The van der Waals surface area contributed by atoms with Gasteiger partial charge in [0, 0.05) is 13.1 Å². The van der Waals surface area contributed by atoms with Crippen LogP contribution in [0.1, 0.15) is 29.8 Å². The van der Waals surface area contributed by atoms with Gasteiger partial charge in [-0.25, -0.2) is 0 Å². The highest BCUT2D eigenvalue weighted by Crippen LogP contribution is 2.22. The van der Waals surface area contributed by atoms with Gasteiger partial charge >= 0.3 is 0 Å². The van der Waals surface area contributed by atoms with Crippen LogP contribution in [-0.2, 0) is 13.6 Å². The van der Waals surface area contributed by atoms with Crippen molar-refractivity contribution in [2.75, 3.05) is 13.1 Å². The molecule has 1 fully saturated rings. The van der Waals surface area contributed by atoms with Crippen molar-refractivity contribution >= 4 is 0 Å². The quantitative estimate of drug-likeness (QED) is 0.863. The number of nitrogens with zero attached hydrogens (tertiary/aromatic N) is 5. The first-order chi connectivity index (χ1) is 10.6. The van der Waals surface area contributed by atoms with E-state index in [-0.39, 0.29) is 0 Å². The van der Waals surface area contributed by atoms with Gasteiger partial charge in [0.1, 0.15) is 11.9 Å². The lowest BCUT2D eigenvalue weighted by molar-refractivity contribution is 0.0953. The number of likely N-dealkylation sites (tertiary alicyclic amines) is 1. The fourth-order valence-corrected chi connectivity index (χ4v) is 2.75. The summed E-state index contributed by atoms with van der Waals surface area (Å²) in [5, 5.41) is 12.1. The van der Waals surface area contributed by atoms with Crippen LogP contribution in [0.3, 0.4) is 0 Å². The zero-order chi connectivity index (χ0) is 15.5. The number of aromatic nitrogens is 4. The normalized spacial score (nSPS) is 16.9. The van der Waals surface area contributed by atoms with Gasteiger partial charge in [-0.3, -0.25) is 4.90 Å². The summed E-state index contributed by atoms with van der Waals surface area (Å²) in [5.41, 5.74) is 2.59. The Labute approximate surface area is 131 Å². The molecule has 0 atom stereocenters. The maximum absolute atomic E-state index is 6.12. The molecule has 6 heteroatoms. The lowest BCUT2D eigenvalue weighted by atomic mass is 10.1. The molecular weight excluding hydrogens is 278 g/mol. The minimum atomic E-state index is 0.299. The second-order valence-corrected chi connectivity index (χ2v) is 6.03. The number of hydrogen-bond donors (Lipinski definition) is 0. The molecule has 1 aromatic heterocycles. The summed E-state index contributed by atoms with van der Waals surface area (Å²) in [7, 11) is 1.79. The van der Waals surface area contributed by atoms with E-state index in [9.17, 15) is 0 Å². The summed E-state index contributed by atoms with van der Waals surface area (Å²) in [6, 6.07) is 6.32. The third-order valence-electron chi connectivity index (χ3n) is 4.23. The Balaban J connectivity index is 1.50. The zero-order valence-corrected chi connectivity index (χ0v) is 13.5. The molecule has 0 saturated carbocycles. The molecule has 0 radical (unpaired) electrons. The predicted octanol–water partition coefficient (Wildman–Crippen LogP) is 1.87. The summed E-state index contributed by atoms with van der Waals surface area (Å²) in [6.07, 6.45) is 2.37. The molecule has 1 aliphatic heterocycles. The molecule has 0 spiro atoms. The number of rotatable bonds is 4. The summed E-state index contributed by atoms with van der Waals surface area (Å²) >= 11 is 0. The van der Waals surface area contributed by atoms with Crippen molar-refractivity contribution < 1.29 is 4.74 Å². The van der Waals surface area contributed by atoms with Crippen molar-refractivity contribution in [2.45, 2.75) is 39.3 Å². The molecule has 1 saturated heterocycles. The van der Waals surface area contributed by atoms with Crippen molar-refractivity contribution in [3.63, 3.8) is 0 Å². The second-order valence-electron chi connectivity index (χ2n) is 6.03. The van der Waals surface area contributed by atoms with Crippen molar-refractivity contribution in [3.8, 4) is 5.75 Å². The van der Waals surface area contributed by atoms with Crippen molar-refractivity contribution in [1.82, 2.24) is 25.1 Å². The van der Waals surface area contributed by atoms with E-state index in [1.54, 1.807) is 7.05 Å². The molecular formula is C16H23N5O. The molecule has 2 heterocycles. The van der Waals surface area contributed by atoms with E-state index in [0.717, 1.165) is 44.0 Å². The second kappa shape index (κ2) is 6.44. The van der Waals surface area contributed by atoms with Crippen LogP contribution in [0.2, 0.25) is 0 Å². The molecule has 1 aromatic carbocycles. The highest BCUT2D eigenvalue weighted by molar-refractivity contribution is 5.33. The van der Waals surface area contributed by atoms with Crippen molar-refractivity contribution in [2.24, 2.45) is 7.05 Å². The maximum atomic E-state index is 6.12. The van der Waals surface area contributed by atoms with Gasteiger partial charge in [-0.05, 0) is 55.2 Å². The van der Waals surface area contributed by atoms with E-state index in [0.29, 0.717) is 6.10 Å². The predicted molar refractivity (Wildman–Crippen MR) is 83.6 cm³/mol. The minimum absolute atomic E-state index is 0.299. The third-order valence-corrected chi connectivity index (χ3v) is 4.23. The molecule has 2 aromatic rings. The molecule has 0 bridgehead atoms. The zero-order valence-electron chi connectivity index (χ0n) is 13.5. The monoisotopic (exact) mass is 301 g/mol. The molecule has 6 nitrogen and oxygen atoms in total. The summed E-state index contributed by atoms with van der Waals surface area (Å²) < 4.78 is 6.12. The molecule has 0 unspecified atom stereocenters. The van der Waals surface area contributed by atoms with Crippen LogP contribution in [0.5, 0.6) is 5.75 Å². The van der Waals surface area contributed by atoms with Gasteiger partial charge in [-0.2, -0.15) is 4.80 Å². The maximum Gasteiger partial charge on any atom is 0.188 e. The van der Waals surface area contributed by atoms with Gasteiger partial charge in [-0.15, -0.1) is 10.2 Å². The van der Waals surface area contributed by atoms with Gasteiger partial charge in [0.05, 0.1) is 13.6 Å². The van der Waals surface area contributed by atoms with E-state index in [1.165, 1.54) is 15.9 Å². The van der Waals surface area contributed by atoms with Gasteiger partial charge in [0.15, 0.2) is 5.82 Å². The van der Waals surface area contributed by atoms with E-state index < -0.39 is 0 Å². The number of hydrogen-bond acceptors (Lipinski definition) is 5. The summed E-state index contributed by atoms with van der Waals surface area (Å²) in [5.74, 6) is 1.77. The van der Waals surface area contributed by atoms with Crippen LogP contribution >= 0.6 is 0 Å². The first-order valence-corrected chi connectivity index (χ1v) is 7.79. The van der Waals surface area contributed by atoms with Gasteiger partial charge in [-0.1, -0.05) is 6.07 Å². The van der Waals surface area contributed by atoms with Gasteiger partial charge < -0.3 is 4.74 Å². The first kappa shape index (κ1) is 15.0. The number of piperidine rings is 1. The van der Waals surface area contributed by atoms with Crippen LogP contribution in [0.25, 0.3) is 0 Å². The Hall–Kier alpha value is -1.95. The average Bonchev–Trinajstić information content (AvgIpc) is 2.90. The Morgan fingerprint density at radius 3 is 2.59 bits per heavy atom. The fourth-order valence-electron chi connectivity index (χ4n) is 2.75. The van der Waals surface area contributed by atoms with Gasteiger partial charge in [0.25, 0.3) is 0 Å². The third kappa shape index (κ3) is 3.62. The highest BCUT2D eigenvalue weighted by Gasteiger charge is 2.21. The number of benzene rings is 1. The lowest BCUT2D eigenvalue weighted by Gasteiger charge is -2.31. The molecule has 1 aliphatic rings. The topological polar surface area (TPSA) is 56.1 Å². The summed E-state index contributed by atoms with van der Waals surface area (Å²) in [4.78, 5) is 3.86. The Morgan fingerprint density at radius 1 is 1.18 bits per heavy atom. The van der Waals surface area contributed by atoms with Crippen molar-refractivity contribution in [1.29, 1.82) is 0 Å². The highest BCUT2D eigenvalue weighted by atomic mass is 16.5. The Bertz CT molecular complexity index is 631. The smallest absolute Gasteiger partial charge is 0.188 e. The number of ether oxygens (including phenoxy) is 1. The van der Waals surface area contributed by atoms with E-state index in [4.69, 9.17) is 4.74 Å².